The van der Waals surface area contributed by atoms with Gasteiger partial charge in [-0.1, -0.05) is 22.0 Å². The standard InChI is InChI=1S/C14H9BrF2N2O2/c15-9-4-5-12(8(6-9)7-19-18)21-14(20)13-10(16)2-1-3-11(13)17/h1-7H,18H2. The maximum absolute atomic E-state index is 13.5. The van der Waals surface area contributed by atoms with Gasteiger partial charge in [0.2, 0.25) is 0 Å². The minimum absolute atomic E-state index is 0.0834. The largest absolute Gasteiger partial charge is 0.422 e. The smallest absolute Gasteiger partial charge is 0.349 e. The molecule has 0 saturated carbocycles. The third-order valence-corrected chi connectivity index (χ3v) is 3.05. The van der Waals surface area contributed by atoms with Gasteiger partial charge in [0.1, 0.15) is 22.9 Å². The Balaban J connectivity index is 2.36. The third-order valence-electron chi connectivity index (χ3n) is 2.55. The van der Waals surface area contributed by atoms with Gasteiger partial charge in [-0.15, -0.1) is 0 Å². The number of rotatable bonds is 3. The molecule has 108 valence electrons. The van der Waals surface area contributed by atoms with Gasteiger partial charge in [-0.25, -0.2) is 13.6 Å². The Hall–Kier alpha value is -2.28. The molecular weight excluding hydrogens is 346 g/mol. The second kappa shape index (κ2) is 6.45. The number of ether oxygens (including phenoxy) is 1. The van der Waals surface area contributed by atoms with Crippen molar-refractivity contribution >= 4 is 28.1 Å². The number of esters is 1. The Kier molecular flexibility index (Phi) is 4.64. The Labute approximate surface area is 127 Å². The van der Waals surface area contributed by atoms with Gasteiger partial charge in [-0.2, -0.15) is 5.10 Å². The van der Waals surface area contributed by atoms with Crippen LogP contribution in [0.2, 0.25) is 0 Å². The van der Waals surface area contributed by atoms with Crippen molar-refractivity contribution < 1.29 is 18.3 Å². The number of carbonyl (C=O) groups excluding carboxylic acids is 1. The molecule has 2 aromatic rings. The average molecular weight is 355 g/mol. The summed E-state index contributed by atoms with van der Waals surface area (Å²) < 4.78 is 32.8. The van der Waals surface area contributed by atoms with E-state index >= 15 is 0 Å². The van der Waals surface area contributed by atoms with Crippen LogP contribution in [0.1, 0.15) is 15.9 Å². The molecule has 0 radical (unpaired) electrons. The van der Waals surface area contributed by atoms with Crippen molar-refractivity contribution in [3.8, 4) is 5.75 Å². The number of hydrogen-bond acceptors (Lipinski definition) is 4. The molecule has 21 heavy (non-hydrogen) atoms. The van der Waals surface area contributed by atoms with E-state index < -0.39 is 23.2 Å². The lowest BCUT2D eigenvalue weighted by Crippen LogP contribution is -2.14. The predicted octanol–water partition coefficient (Wildman–Crippen LogP) is 3.24. The molecule has 2 aromatic carbocycles. The summed E-state index contributed by atoms with van der Waals surface area (Å²) in [7, 11) is 0. The number of nitrogens with two attached hydrogens (primary N) is 1. The van der Waals surface area contributed by atoms with E-state index in [9.17, 15) is 13.6 Å². The molecule has 0 aliphatic carbocycles. The van der Waals surface area contributed by atoms with Crippen molar-refractivity contribution in [2.24, 2.45) is 10.9 Å². The third kappa shape index (κ3) is 3.43. The molecule has 0 amide bonds. The van der Waals surface area contributed by atoms with Crippen LogP contribution in [0.5, 0.6) is 5.75 Å². The van der Waals surface area contributed by atoms with Gasteiger partial charge in [-0.3, -0.25) is 0 Å². The van der Waals surface area contributed by atoms with Crippen LogP contribution in [-0.4, -0.2) is 12.2 Å². The van der Waals surface area contributed by atoms with Gasteiger partial charge in [0.05, 0.1) is 6.21 Å². The highest BCUT2D eigenvalue weighted by molar-refractivity contribution is 9.10. The van der Waals surface area contributed by atoms with Crippen molar-refractivity contribution in [3.63, 3.8) is 0 Å². The summed E-state index contributed by atoms with van der Waals surface area (Å²) >= 11 is 3.24. The van der Waals surface area contributed by atoms with Gasteiger partial charge in [0.15, 0.2) is 0 Å². The summed E-state index contributed by atoms with van der Waals surface area (Å²) in [5.41, 5.74) is -0.368. The van der Waals surface area contributed by atoms with Crippen LogP contribution < -0.4 is 10.6 Å². The Bertz CT molecular complexity index is 700. The van der Waals surface area contributed by atoms with Crippen LogP contribution >= 0.6 is 15.9 Å². The Morgan fingerprint density at radius 1 is 1.24 bits per heavy atom. The zero-order chi connectivity index (χ0) is 15.4. The maximum Gasteiger partial charge on any atom is 0.349 e. The van der Waals surface area contributed by atoms with Crippen LogP contribution in [0, 0.1) is 11.6 Å². The number of nitrogens with zero attached hydrogens (tertiary/aromatic N) is 1. The van der Waals surface area contributed by atoms with Gasteiger partial charge in [0, 0.05) is 10.0 Å². The van der Waals surface area contributed by atoms with E-state index in [2.05, 4.69) is 21.0 Å². The zero-order valence-corrected chi connectivity index (χ0v) is 12.1. The molecule has 7 heteroatoms. The van der Waals surface area contributed by atoms with Crippen LogP contribution in [0.25, 0.3) is 0 Å². The summed E-state index contributed by atoms with van der Waals surface area (Å²) in [6, 6.07) is 7.77. The topological polar surface area (TPSA) is 64.7 Å². The van der Waals surface area contributed by atoms with Crippen molar-refractivity contribution in [1.29, 1.82) is 0 Å². The first-order chi connectivity index (χ1) is 10.0. The monoisotopic (exact) mass is 354 g/mol. The maximum atomic E-state index is 13.5. The van der Waals surface area contributed by atoms with E-state index in [4.69, 9.17) is 10.6 Å². The van der Waals surface area contributed by atoms with E-state index in [0.29, 0.717) is 10.0 Å². The molecule has 4 nitrogen and oxygen atoms in total. The molecule has 0 saturated heterocycles. The fourth-order valence-electron chi connectivity index (χ4n) is 1.64. The first-order valence-corrected chi connectivity index (χ1v) is 6.51. The second-order valence-corrected chi connectivity index (χ2v) is 4.86. The van der Waals surface area contributed by atoms with E-state index in [1.165, 1.54) is 12.3 Å². The molecule has 0 aliphatic rings. The SMILES string of the molecule is NN=Cc1cc(Br)ccc1OC(=O)c1c(F)cccc1F. The molecule has 0 heterocycles. The van der Waals surface area contributed by atoms with Crippen LogP contribution in [-0.2, 0) is 0 Å². The predicted molar refractivity (Wildman–Crippen MR) is 77.2 cm³/mol. The Morgan fingerprint density at radius 3 is 2.52 bits per heavy atom. The molecule has 0 unspecified atom stereocenters. The van der Waals surface area contributed by atoms with E-state index in [1.807, 2.05) is 0 Å². The fourth-order valence-corrected chi connectivity index (χ4v) is 2.02. The summed E-state index contributed by atoms with van der Waals surface area (Å²) in [6.45, 7) is 0. The van der Waals surface area contributed by atoms with Gasteiger partial charge in [-0.05, 0) is 30.3 Å². The van der Waals surface area contributed by atoms with Gasteiger partial charge >= 0.3 is 5.97 Å². The van der Waals surface area contributed by atoms with Crippen LogP contribution in [0.3, 0.4) is 0 Å². The van der Waals surface area contributed by atoms with Gasteiger partial charge < -0.3 is 10.6 Å². The summed E-state index contributed by atoms with van der Waals surface area (Å²) in [5.74, 6) is 2.02. The van der Waals surface area contributed by atoms with Crippen molar-refractivity contribution in [2.45, 2.75) is 0 Å². The molecule has 0 fully saturated rings. The molecule has 0 atom stereocenters. The zero-order valence-electron chi connectivity index (χ0n) is 10.5. The number of hydrazone groups is 1. The Morgan fingerprint density at radius 2 is 1.90 bits per heavy atom. The molecule has 0 aliphatic heterocycles. The molecule has 0 aromatic heterocycles. The number of benzene rings is 2. The molecule has 0 bridgehead atoms. The summed E-state index contributed by atoms with van der Waals surface area (Å²) in [4.78, 5) is 11.9. The second-order valence-electron chi connectivity index (χ2n) is 3.95. The first kappa shape index (κ1) is 15.1. The first-order valence-electron chi connectivity index (χ1n) is 5.72. The van der Waals surface area contributed by atoms with Crippen LogP contribution in [0.15, 0.2) is 46.0 Å². The molecular formula is C14H9BrF2N2O2. The number of hydrogen-bond donors (Lipinski definition) is 1. The van der Waals surface area contributed by atoms with Crippen molar-refractivity contribution in [2.75, 3.05) is 0 Å². The lowest BCUT2D eigenvalue weighted by molar-refractivity contribution is 0.0724. The van der Waals surface area contributed by atoms with Crippen LogP contribution in [0.4, 0.5) is 8.78 Å². The van der Waals surface area contributed by atoms with E-state index in [0.717, 1.165) is 18.2 Å². The fraction of sp³-hybridized carbons (Fsp3) is 0. The highest BCUT2D eigenvalue weighted by atomic mass is 79.9. The van der Waals surface area contributed by atoms with E-state index in [1.54, 1.807) is 12.1 Å². The minimum Gasteiger partial charge on any atom is -0.422 e. The molecule has 2 N–H and O–H groups in total. The van der Waals surface area contributed by atoms with Crippen molar-refractivity contribution in [3.05, 3.63) is 63.6 Å². The minimum atomic E-state index is -1.14. The quantitative estimate of drug-likeness (QED) is 0.302. The van der Waals surface area contributed by atoms with E-state index in [-0.39, 0.29) is 5.75 Å². The number of halogens is 3. The number of carbonyl (C=O) groups is 1. The average Bonchev–Trinajstić information content (AvgIpc) is 2.42. The van der Waals surface area contributed by atoms with Gasteiger partial charge in [0.25, 0.3) is 0 Å². The summed E-state index contributed by atoms with van der Waals surface area (Å²) in [6.07, 6.45) is 1.26. The summed E-state index contributed by atoms with van der Waals surface area (Å²) in [5, 5.41) is 3.34. The van der Waals surface area contributed by atoms with Crippen molar-refractivity contribution in [1.82, 2.24) is 0 Å². The lowest BCUT2D eigenvalue weighted by atomic mass is 10.2. The highest BCUT2D eigenvalue weighted by Gasteiger charge is 2.20. The highest BCUT2D eigenvalue weighted by Crippen LogP contribution is 2.23. The molecule has 2 rings (SSSR count). The molecule has 0 spiro atoms. The lowest BCUT2D eigenvalue weighted by Gasteiger charge is -2.08. The normalized spacial score (nSPS) is 10.8.